The van der Waals surface area contributed by atoms with Gasteiger partial charge in [0.25, 0.3) is 5.91 Å². The number of hydrogen-bond donors (Lipinski definition) is 4. The van der Waals surface area contributed by atoms with Crippen LogP contribution in [0.1, 0.15) is 23.5 Å². The number of aromatic nitrogens is 2. The molecular formula is C18H20ClN5O3S. The number of hydrogen-bond acceptors (Lipinski definition) is 8. The second-order valence-corrected chi connectivity index (χ2v) is 8.27. The predicted octanol–water partition coefficient (Wildman–Crippen LogP) is 2.88. The van der Waals surface area contributed by atoms with Gasteiger partial charge in [-0.25, -0.2) is 9.97 Å². The number of nitrogens with two attached hydrogens (primary N) is 2. The average Bonchev–Trinajstić information content (AvgIpc) is 2.97. The van der Waals surface area contributed by atoms with Crippen LogP contribution in [0.25, 0.3) is 21.5 Å². The van der Waals surface area contributed by atoms with Crippen LogP contribution < -0.4 is 21.5 Å². The van der Waals surface area contributed by atoms with E-state index in [4.69, 9.17) is 27.8 Å². The number of nitrogen functional groups attached to an aromatic ring is 1. The molecule has 28 heavy (non-hydrogen) atoms. The summed E-state index contributed by atoms with van der Waals surface area (Å²) in [6, 6.07) is 5.15. The van der Waals surface area contributed by atoms with Crippen LogP contribution >= 0.6 is 22.9 Å². The Morgan fingerprint density at radius 2 is 2.07 bits per heavy atom. The minimum Gasteiger partial charge on any atom is -0.497 e. The number of aliphatic hydroxyl groups is 1. The minimum atomic E-state index is -0.660. The van der Waals surface area contributed by atoms with Gasteiger partial charge in [-0.1, -0.05) is 11.6 Å². The number of methoxy groups -OCH3 is 1. The molecule has 148 valence electrons. The fourth-order valence-corrected chi connectivity index (χ4v) is 3.80. The van der Waals surface area contributed by atoms with Crippen molar-refractivity contribution in [2.45, 2.75) is 19.4 Å². The lowest BCUT2D eigenvalue weighted by molar-refractivity contribution is 0.100. The number of halogens is 1. The zero-order chi connectivity index (χ0) is 20.6. The van der Waals surface area contributed by atoms with Crippen LogP contribution in [-0.4, -0.2) is 40.2 Å². The zero-order valence-corrected chi connectivity index (χ0v) is 17.1. The molecule has 2 aromatic heterocycles. The molecule has 0 atom stereocenters. The first-order valence-electron chi connectivity index (χ1n) is 8.29. The molecule has 3 aromatic rings. The van der Waals surface area contributed by atoms with Gasteiger partial charge in [-0.2, -0.15) is 0 Å². The Bertz CT molecular complexity index is 1070. The first kappa shape index (κ1) is 20.1. The summed E-state index contributed by atoms with van der Waals surface area (Å²) in [5, 5.41) is 13.6. The molecular weight excluding hydrogens is 402 g/mol. The van der Waals surface area contributed by atoms with Gasteiger partial charge in [0.2, 0.25) is 5.95 Å². The quantitative estimate of drug-likeness (QED) is 0.480. The van der Waals surface area contributed by atoms with E-state index in [0.717, 1.165) is 11.3 Å². The third-order valence-electron chi connectivity index (χ3n) is 4.04. The number of benzene rings is 1. The van der Waals surface area contributed by atoms with E-state index in [1.165, 1.54) is 7.11 Å². The maximum atomic E-state index is 11.8. The van der Waals surface area contributed by atoms with E-state index >= 15 is 0 Å². The van der Waals surface area contributed by atoms with Crippen molar-refractivity contribution in [1.29, 1.82) is 0 Å². The molecule has 10 heteroatoms. The highest BCUT2D eigenvalue weighted by molar-refractivity contribution is 7.21. The summed E-state index contributed by atoms with van der Waals surface area (Å²) >= 11 is 7.30. The minimum absolute atomic E-state index is 0.131. The second-order valence-electron chi connectivity index (χ2n) is 6.83. The van der Waals surface area contributed by atoms with Gasteiger partial charge in [-0.3, -0.25) is 4.79 Å². The number of anilines is 2. The summed E-state index contributed by atoms with van der Waals surface area (Å²) < 4.78 is 5.29. The van der Waals surface area contributed by atoms with E-state index in [1.807, 2.05) is 0 Å². The fourth-order valence-electron chi connectivity index (χ4n) is 2.63. The number of rotatable bonds is 6. The van der Waals surface area contributed by atoms with Gasteiger partial charge < -0.3 is 26.6 Å². The van der Waals surface area contributed by atoms with E-state index in [2.05, 4.69) is 15.3 Å². The molecule has 0 aliphatic heterocycles. The van der Waals surface area contributed by atoms with Crippen LogP contribution in [0.3, 0.4) is 0 Å². The van der Waals surface area contributed by atoms with Crippen molar-refractivity contribution in [2.24, 2.45) is 5.73 Å². The van der Waals surface area contributed by atoms with E-state index in [9.17, 15) is 9.90 Å². The molecule has 8 nitrogen and oxygen atoms in total. The molecule has 6 N–H and O–H groups in total. The number of amides is 1. The maximum Gasteiger partial charge on any atom is 0.260 e. The highest BCUT2D eigenvalue weighted by Gasteiger charge is 2.24. The number of carbonyl (C=O) groups is 1. The summed E-state index contributed by atoms with van der Waals surface area (Å²) in [7, 11) is 1.53. The van der Waals surface area contributed by atoms with E-state index in [1.54, 1.807) is 32.0 Å². The first-order valence-corrected chi connectivity index (χ1v) is 9.48. The Hall–Kier alpha value is -2.62. The second kappa shape index (κ2) is 7.42. The molecule has 0 saturated carbocycles. The highest BCUT2D eigenvalue weighted by Crippen LogP contribution is 2.40. The Kier molecular flexibility index (Phi) is 5.33. The number of nitrogens with zero attached hydrogens (tertiary/aromatic N) is 2. The van der Waals surface area contributed by atoms with Crippen LogP contribution in [0.5, 0.6) is 5.75 Å². The molecule has 0 aliphatic rings. The standard InChI is InChI=1S/C18H20ClN5O3S/c1-18(2,7-25)24-17-22-13(8-4-9(19)6-10(5-8)27-3)11-12(20)14(15(21)26)28-16(11)23-17/h4-6,25H,7,20H2,1-3H3,(H2,21,26)(H,22,23,24). The molecule has 0 unspecified atom stereocenters. The SMILES string of the molecule is COc1cc(Cl)cc(-c2nc(NC(C)(C)CO)nc3sc(C(N)=O)c(N)c23)c1. The van der Waals surface area contributed by atoms with Crippen molar-refractivity contribution in [3.63, 3.8) is 0 Å². The molecule has 0 fully saturated rings. The van der Waals surface area contributed by atoms with Crippen molar-refractivity contribution in [3.8, 4) is 17.0 Å². The molecule has 2 heterocycles. The molecule has 0 saturated heterocycles. The number of nitrogens with one attached hydrogen (secondary N) is 1. The Balaban J connectivity index is 2.32. The molecule has 0 radical (unpaired) electrons. The lowest BCUT2D eigenvalue weighted by Crippen LogP contribution is -2.35. The maximum absolute atomic E-state index is 11.8. The highest BCUT2D eigenvalue weighted by atomic mass is 35.5. The van der Waals surface area contributed by atoms with Crippen molar-refractivity contribution < 1.29 is 14.6 Å². The monoisotopic (exact) mass is 421 g/mol. The van der Waals surface area contributed by atoms with Gasteiger partial charge in [-0.15, -0.1) is 11.3 Å². The third kappa shape index (κ3) is 3.82. The number of carbonyl (C=O) groups excluding carboxylic acids is 1. The Labute approximate surface area is 170 Å². The third-order valence-corrected chi connectivity index (χ3v) is 5.37. The van der Waals surface area contributed by atoms with E-state index < -0.39 is 11.4 Å². The molecule has 0 bridgehead atoms. The van der Waals surface area contributed by atoms with Crippen LogP contribution in [0, 0.1) is 0 Å². The molecule has 1 aromatic carbocycles. The number of thiophene rings is 1. The van der Waals surface area contributed by atoms with Crippen LogP contribution in [-0.2, 0) is 0 Å². The largest absolute Gasteiger partial charge is 0.497 e. The average molecular weight is 422 g/mol. The van der Waals surface area contributed by atoms with Crippen LogP contribution in [0.2, 0.25) is 5.02 Å². The lowest BCUT2D eigenvalue weighted by atomic mass is 10.1. The number of ether oxygens (including phenoxy) is 1. The molecule has 1 amide bonds. The van der Waals surface area contributed by atoms with Crippen molar-refractivity contribution >= 4 is 50.7 Å². The lowest BCUT2D eigenvalue weighted by Gasteiger charge is -2.23. The van der Waals surface area contributed by atoms with E-state index in [0.29, 0.717) is 32.2 Å². The summed E-state index contributed by atoms with van der Waals surface area (Å²) in [4.78, 5) is 21.5. The van der Waals surface area contributed by atoms with Crippen LogP contribution in [0.4, 0.5) is 11.6 Å². The van der Waals surface area contributed by atoms with Gasteiger partial charge in [0.05, 0.1) is 36.0 Å². The summed E-state index contributed by atoms with van der Waals surface area (Å²) in [6.07, 6.45) is 0. The smallest absolute Gasteiger partial charge is 0.260 e. The van der Waals surface area contributed by atoms with Gasteiger partial charge in [-0.05, 0) is 32.0 Å². The summed E-state index contributed by atoms with van der Waals surface area (Å²) in [5.41, 5.74) is 12.3. The predicted molar refractivity (Wildman–Crippen MR) is 112 cm³/mol. The number of primary amides is 1. The summed E-state index contributed by atoms with van der Waals surface area (Å²) in [6.45, 7) is 3.48. The Morgan fingerprint density at radius 3 is 2.68 bits per heavy atom. The Morgan fingerprint density at radius 1 is 1.36 bits per heavy atom. The van der Waals surface area contributed by atoms with Gasteiger partial charge in [0.1, 0.15) is 15.5 Å². The molecule has 3 rings (SSSR count). The van der Waals surface area contributed by atoms with Crippen molar-refractivity contribution in [1.82, 2.24) is 9.97 Å². The fraction of sp³-hybridized carbons (Fsp3) is 0.278. The zero-order valence-electron chi connectivity index (χ0n) is 15.5. The van der Waals surface area contributed by atoms with Crippen molar-refractivity contribution in [3.05, 3.63) is 28.1 Å². The van der Waals surface area contributed by atoms with Crippen molar-refractivity contribution in [2.75, 3.05) is 24.8 Å². The van der Waals surface area contributed by atoms with Gasteiger partial charge >= 0.3 is 0 Å². The molecule has 0 aliphatic carbocycles. The molecule has 0 spiro atoms. The first-order chi connectivity index (χ1) is 13.1. The van der Waals surface area contributed by atoms with E-state index in [-0.39, 0.29) is 23.1 Å². The van der Waals surface area contributed by atoms with Crippen LogP contribution in [0.15, 0.2) is 18.2 Å². The topological polar surface area (TPSA) is 136 Å². The number of fused-ring (bicyclic) bond motifs is 1. The number of aliphatic hydroxyl groups excluding tert-OH is 1. The summed E-state index contributed by atoms with van der Waals surface area (Å²) in [5.74, 6) is 0.182. The van der Waals surface area contributed by atoms with Gasteiger partial charge in [0.15, 0.2) is 0 Å². The van der Waals surface area contributed by atoms with Gasteiger partial charge in [0, 0.05) is 10.6 Å². The normalized spacial score (nSPS) is 11.6.